The Kier molecular flexibility index (Phi) is 6.11. The van der Waals surface area contributed by atoms with Crippen LogP contribution in [0.4, 0.5) is 0 Å². The van der Waals surface area contributed by atoms with E-state index in [-0.39, 0.29) is 24.4 Å². The van der Waals surface area contributed by atoms with Gasteiger partial charge in [-0.25, -0.2) is 4.79 Å². The molecule has 0 saturated heterocycles. The van der Waals surface area contributed by atoms with E-state index in [4.69, 9.17) is 9.47 Å². The number of ether oxygens (including phenoxy) is 2. The number of carbonyl (C=O) groups is 2. The Bertz CT molecular complexity index is 525. The molecule has 114 valence electrons. The second kappa shape index (κ2) is 7.59. The second-order valence-corrected chi connectivity index (χ2v) is 5.08. The summed E-state index contributed by atoms with van der Waals surface area (Å²) in [5.74, 6) is -0.599. The first-order chi connectivity index (χ1) is 9.91. The summed E-state index contributed by atoms with van der Waals surface area (Å²) in [6.45, 7) is 3.61. The monoisotopic (exact) mass is 292 g/mol. The molecule has 0 amide bonds. The largest absolute Gasteiger partial charge is 0.511 e. The van der Waals surface area contributed by atoms with Crippen molar-refractivity contribution < 1.29 is 24.2 Å². The Morgan fingerprint density at radius 1 is 1.43 bits per heavy atom. The molecule has 5 nitrogen and oxygen atoms in total. The van der Waals surface area contributed by atoms with Gasteiger partial charge in [-0.3, -0.25) is 4.79 Å². The van der Waals surface area contributed by atoms with Crippen LogP contribution in [0.1, 0.15) is 20.3 Å². The molecule has 0 aromatic carbocycles. The highest BCUT2D eigenvalue weighted by molar-refractivity contribution is 5.93. The van der Waals surface area contributed by atoms with Gasteiger partial charge in [0.25, 0.3) is 0 Å². The molecule has 1 aliphatic rings. The quantitative estimate of drug-likeness (QED) is 0.352. The lowest BCUT2D eigenvalue weighted by Crippen LogP contribution is -2.40. The number of aliphatic hydroxyl groups is 1. The van der Waals surface area contributed by atoms with Crippen LogP contribution < -0.4 is 0 Å². The van der Waals surface area contributed by atoms with Gasteiger partial charge >= 0.3 is 5.97 Å². The predicted molar refractivity (Wildman–Crippen MR) is 78.7 cm³/mol. The topological polar surface area (TPSA) is 72.8 Å². The lowest BCUT2D eigenvalue weighted by atomic mass is 9.96. The minimum atomic E-state index is -0.840. The summed E-state index contributed by atoms with van der Waals surface area (Å²) in [6.07, 6.45) is 8.99. The summed E-state index contributed by atoms with van der Waals surface area (Å²) in [6, 6.07) is 0. The summed E-state index contributed by atoms with van der Waals surface area (Å²) >= 11 is 0. The third-order valence-electron chi connectivity index (χ3n) is 2.89. The fraction of sp³-hybridized carbons (Fsp3) is 0.375. The van der Waals surface area contributed by atoms with Gasteiger partial charge in [0.15, 0.2) is 0 Å². The predicted octanol–water partition coefficient (Wildman–Crippen LogP) is 2.41. The van der Waals surface area contributed by atoms with Crippen molar-refractivity contribution in [1.82, 2.24) is 0 Å². The van der Waals surface area contributed by atoms with Crippen molar-refractivity contribution in [2.75, 3.05) is 13.7 Å². The fourth-order valence-corrected chi connectivity index (χ4v) is 1.89. The molecular weight excluding hydrogens is 272 g/mol. The normalized spacial score (nSPS) is 24.0. The Morgan fingerprint density at radius 3 is 2.71 bits per heavy atom. The van der Waals surface area contributed by atoms with Crippen LogP contribution in [0.3, 0.4) is 0 Å². The summed E-state index contributed by atoms with van der Waals surface area (Å²) in [4.78, 5) is 22.3. The number of cyclic esters (lactones) is 1. The van der Waals surface area contributed by atoms with Gasteiger partial charge in [0.1, 0.15) is 17.6 Å². The maximum atomic E-state index is 11.9. The Labute approximate surface area is 124 Å². The fourth-order valence-electron chi connectivity index (χ4n) is 1.89. The molecule has 1 rings (SSSR count). The van der Waals surface area contributed by atoms with Crippen molar-refractivity contribution >= 4 is 12.3 Å². The number of aliphatic hydroxyl groups excluding tert-OH is 1. The van der Waals surface area contributed by atoms with Crippen LogP contribution in [0.25, 0.3) is 0 Å². The lowest BCUT2D eigenvalue weighted by molar-refractivity contribution is -0.161. The summed E-state index contributed by atoms with van der Waals surface area (Å²) in [7, 11) is 1.51. The van der Waals surface area contributed by atoms with Crippen molar-refractivity contribution in [2.24, 2.45) is 0 Å². The second-order valence-electron chi connectivity index (χ2n) is 5.08. The van der Waals surface area contributed by atoms with Crippen LogP contribution in [0.2, 0.25) is 0 Å². The van der Waals surface area contributed by atoms with E-state index in [0.717, 1.165) is 6.29 Å². The summed E-state index contributed by atoms with van der Waals surface area (Å²) < 4.78 is 10.3. The molecule has 21 heavy (non-hydrogen) atoms. The third-order valence-corrected chi connectivity index (χ3v) is 2.89. The number of hydrogen-bond acceptors (Lipinski definition) is 5. The van der Waals surface area contributed by atoms with E-state index in [1.807, 2.05) is 0 Å². The van der Waals surface area contributed by atoms with Crippen LogP contribution in [0.15, 0.2) is 47.3 Å². The maximum Gasteiger partial charge on any atom is 0.342 e. The van der Waals surface area contributed by atoms with Crippen molar-refractivity contribution in [1.29, 1.82) is 0 Å². The first-order valence-electron chi connectivity index (χ1n) is 6.53. The smallest absolute Gasteiger partial charge is 0.342 e. The molecule has 0 bridgehead atoms. The molecule has 0 aromatic heterocycles. The minimum absolute atomic E-state index is 0.0185. The summed E-state index contributed by atoms with van der Waals surface area (Å²) in [5.41, 5.74) is -0.120. The zero-order chi connectivity index (χ0) is 15.9. The molecule has 1 N–H and O–H groups in total. The minimum Gasteiger partial charge on any atom is -0.511 e. The molecule has 1 unspecified atom stereocenters. The van der Waals surface area contributed by atoms with Crippen molar-refractivity contribution in [3.05, 3.63) is 47.3 Å². The number of hydrogen-bond donors (Lipinski definition) is 1. The first kappa shape index (κ1) is 16.9. The average Bonchev–Trinajstić information content (AvgIpc) is 2.40. The number of allylic oxidation sites excluding steroid dienone is 5. The molecule has 5 heteroatoms. The van der Waals surface area contributed by atoms with Gasteiger partial charge in [-0.2, -0.15) is 0 Å². The summed E-state index contributed by atoms with van der Waals surface area (Å²) in [5, 5.41) is 9.97. The number of methoxy groups -OCH3 is 1. The van der Waals surface area contributed by atoms with E-state index in [1.54, 1.807) is 38.2 Å². The Balaban J connectivity index is 2.79. The van der Waals surface area contributed by atoms with Crippen molar-refractivity contribution in [3.63, 3.8) is 0 Å². The molecule has 0 saturated carbocycles. The number of aldehydes is 1. The molecule has 0 radical (unpaired) electrons. The van der Waals surface area contributed by atoms with Crippen LogP contribution in [0.5, 0.6) is 0 Å². The van der Waals surface area contributed by atoms with Crippen molar-refractivity contribution in [2.45, 2.75) is 25.9 Å². The standard InChI is InChI=1S/C16H20O5/c1-12(10-17)7-5-4-6-8-13-14(18)9-16(2,11-20-3)21-15(13)19/h4-8,10,18H,9,11H2,1-3H3/b5-4+,8-6+,12-7+. The highest BCUT2D eigenvalue weighted by atomic mass is 16.6. The molecule has 0 spiro atoms. The van der Waals surface area contributed by atoms with Gasteiger partial charge < -0.3 is 14.6 Å². The van der Waals surface area contributed by atoms with Crippen molar-refractivity contribution in [3.8, 4) is 0 Å². The van der Waals surface area contributed by atoms with E-state index in [1.165, 1.54) is 13.2 Å². The van der Waals surface area contributed by atoms with E-state index in [2.05, 4.69) is 0 Å². The number of carbonyl (C=O) groups excluding carboxylic acids is 2. The molecular formula is C16H20O5. The SMILES string of the molecule is COCC1(C)CC(O)=C(/C=C/C=C/C=C(\C)C=O)C(=O)O1. The molecule has 1 aliphatic heterocycles. The zero-order valence-corrected chi connectivity index (χ0v) is 12.5. The maximum absolute atomic E-state index is 11.9. The molecule has 1 heterocycles. The zero-order valence-electron chi connectivity index (χ0n) is 12.5. The van der Waals surface area contributed by atoms with Gasteiger partial charge in [-0.05, 0) is 25.5 Å². The number of esters is 1. The van der Waals surface area contributed by atoms with Gasteiger partial charge in [0, 0.05) is 13.5 Å². The van der Waals surface area contributed by atoms with Crippen LogP contribution >= 0.6 is 0 Å². The van der Waals surface area contributed by atoms with E-state index >= 15 is 0 Å². The van der Waals surface area contributed by atoms with Gasteiger partial charge in [0.05, 0.1) is 12.2 Å². The van der Waals surface area contributed by atoms with Gasteiger partial charge in [0.2, 0.25) is 0 Å². The molecule has 1 atom stereocenters. The van der Waals surface area contributed by atoms with E-state index in [9.17, 15) is 14.7 Å². The van der Waals surface area contributed by atoms with Crippen LogP contribution in [-0.4, -0.2) is 36.7 Å². The third kappa shape index (κ3) is 5.04. The molecule has 0 fully saturated rings. The highest BCUT2D eigenvalue weighted by Gasteiger charge is 2.37. The van der Waals surface area contributed by atoms with Gasteiger partial charge in [-0.1, -0.05) is 24.3 Å². The average molecular weight is 292 g/mol. The van der Waals surface area contributed by atoms with E-state index < -0.39 is 11.6 Å². The first-order valence-corrected chi connectivity index (χ1v) is 6.53. The lowest BCUT2D eigenvalue weighted by Gasteiger charge is -2.32. The van der Waals surface area contributed by atoms with Gasteiger partial charge in [-0.15, -0.1) is 0 Å². The molecule has 0 aliphatic carbocycles. The van der Waals surface area contributed by atoms with Crippen LogP contribution in [-0.2, 0) is 19.1 Å². The van der Waals surface area contributed by atoms with Crippen LogP contribution in [0, 0.1) is 0 Å². The molecule has 0 aromatic rings. The Morgan fingerprint density at radius 2 is 2.14 bits per heavy atom. The van der Waals surface area contributed by atoms with E-state index in [0.29, 0.717) is 5.57 Å². The number of rotatable bonds is 6. The Hall–Kier alpha value is -2.14. The highest BCUT2D eigenvalue weighted by Crippen LogP contribution is 2.29.